The molecule has 0 spiro atoms. The monoisotopic (exact) mass is 482 g/mol. The molecule has 0 bridgehead atoms. The lowest BCUT2D eigenvalue weighted by Crippen LogP contribution is -2.26. The first-order chi connectivity index (χ1) is 15.5. The summed E-state index contributed by atoms with van der Waals surface area (Å²) in [7, 11) is 0. The molecule has 3 aromatic carbocycles. The summed E-state index contributed by atoms with van der Waals surface area (Å²) in [6, 6.07) is 24.9. The van der Waals surface area contributed by atoms with E-state index in [4.69, 9.17) is 34.8 Å². The van der Waals surface area contributed by atoms with Crippen LogP contribution >= 0.6 is 34.8 Å². The van der Waals surface area contributed by atoms with Crippen molar-refractivity contribution >= 4 is 40.7 Å². The molecule has 0 atom stereocenters. The lowest BCUT2D eigenvalue weighted by Gasteiger charge is -2.14. The van der Waals surface area contributed by atoms with E-state index in [0.717, 1.165) is 28.2 Å². The Hall–Kier alpha value is -2.72. The van der Waals surface area contributed by atoms with E-state index in [1.54, 1.807) is 12.1 Å². The maximum absolute atomic E-state index is 13.1. The number of nitrogens with one attached hydrogen (secondary N) is 1. The Morgan fingerprint density at radius 2 is 1.59 bits per heavy atom. The highest BCUT2D eigenvalue weighted by atomic mass is 35.5. The van der Waals surface area contributed by atoms with E-state index >= 15 is 0 Å². The number of carbonyl (C=O) groups excluding carboxylic acids is 1. The van der Waals surface area contributed by atoms with Crippen LogP contribution in [0.5, 0.6) is 0 Å². The van der Waals surface area contributed by atoms with Crippen LogP contribution in [0.4, 0.5) is 0 Å². The standard InChI is InChI=1S/C26H21Cl3N2O/c1-17-21(26(32)30-14-13-18-11-12-20(27)15-23(18)29)16-25(19-7-3-2-4-8-19)31(17)24-10-6-5-9-22(24)28/h2-12,15-16H,13-14H2,1H3,(H,30,32). The molecule has 162 valence electrons. The lowest BCUT2D eigenvalue weighted by atomic mass is 10.1. The summed E-state index contributed by atoms with van der Waals surface area (Å²) < 4.78 is 2.03. The number of hydrogen-bond donors (Lipinski definition) is 1. The molecule has 1 amide bonds. The summed E-state index contributed by atoms with van der Waals surface area (Å²) in [4.78, 5) is 13.1. The highest BCUT2D eigenvalue weighted by Gasteiger charge is 2.20. The number of halogens is 3. The SMILES string of the molecule is Cc1c(C(=O)NCCc2ccc(Cl)cc2Cl)cc(-c2ccccc2)n1-c1ccccc1Cl. The Balaban J connectivity index is 1.64. The molecule has 1 N–H and O–H groups in total. The maximum Gasteiger partial charge on any atom is 0.253 e. The Kier molecular flexibility index (Phi) is 6.90. The molecule has 0 saturated carbocycles. The van der Waals surface area contributed by atoms with Crippen molar-refractivity contribution in [2.75, 3.05) is 6.54 Å². The van der Waals surface area contributed by atoms with Crippen molar-refractivity contribution in [3.8, 4) is 16.9 Å². The summed E-state index contributed by atoms with van der Waals surface area (Å²) in [5, 5.41) is 4.82. The van der Waals surface area contributed by atoms with Gasteiger partial charge in [0.25, 0.3) is 5.91 Å². The van der Waals surface area contributed by atoms with Crippen molar-refractivity contribution in [3.63, 3.8) is 0 Å². The number of amides is 1. The van der Waals surface area contributed by atoms with E-state index in [2.05, 4.69) is 5.32 Å². The first-order valence-corrected chi connectivity index (χ1v) is 11.3. The highest BCUT2D eigenvalue weighted by molar-refractivity contribution is 6.35. The van der Waals surface area contributed by atoms with Crippen LogP contribution in [-0.4, -0.2) is 17.0 Å². The van der Waals surface area contributed by atoms with E-state index in [-0.39, 0.29) is 5.91 Å². The average Bonchev–Trinajstić information content (AvgIpc) is 3.13. The summed E-state index contributed by atoms with van der Waals surface area (Å²) >= 11 is 18.7. The Labute approximate surface area is 202 Å². The van der Waals surface area contributed by atoms with Gasteiger partial charge in [0.15, 0.2) is 0 Å². The van der Waals surface area contributed by atoms with Gasteiger partial charge in [-0.15, -0.1) is 0 Å². The van der Waals surface area contributed by atoms with E-state index in [1.807, 2.05) is 78.2 Å². The Morgan fingerprint density at radius 3 is 2.31 bits per heavy atom. The molecule has 0 aliphatic rings. The largest absolute Gasteiger partial charge is 0.352 e. The van der Waals surface area contributed by atoms with Crippen LogP contribution in [0.2, 0.25) is 15.1 Å². The van der Waals surface area contributed by atoms with Crippen LogP contribution in [-0.2, 0) is 6.42 Å². The van der Waals surface area contributed by atoms with Gasteiger partial charge in [0.2, 0.25) is 0 Å². The Bertz CT molecular complexity index is 1270. The fourth-order valence-corrected chi connectivity index (χ4v) is 4.46. The van der Waals surface area contributed by atoms with Gasteiger partial charge in [0.05, 0.1) is 22.0 Å². The number of benzene rings is 3. The number of rotatable bonds is 6. The van der Waals surface area contributed by atoms with Gasteiger partial charge >= 0.3 is 0 Å². The minimum absolute atomic E-state index is 0.143. The molecule has 0 fully saturated rings. The first kappa shape index (κ1) is 22.5. The molecule has 0 unspecified atom stereocenters. The van der Waals surface area contributed by atoms with Gasteiger partial charge in [-0.3, -0.25) is 4.79 Å². The first-order valence-electron chi connectivity index (χ1n) is 10.2. The minimum atomic E-state index is -0.143. The maximum atomic E-state index is 13.1. The average molecular weight is 484 g/mol. The summed E-state index contributed by atoms with van der Waals surface area (Å²) in [5.41, 5.74) is 5.10. The van der Waals surface area contributed by atoms with Crippen LogP contribution < -0.4 is 5.32 Å². The van der Waals surface area contributed by atoms with Gasteiger partial charge in [-0.2, -0.15) is 0 Å². The lowest BCUT2D eigenvalue weighted by molar-refractivity contribution is 0.0953. The van der Waals surface area contributed by atoms with Crippen molar-refractivity contribution in [1.82, 2.24) is 9.88 Å². The fourth-order valence-electron chi connectivity index (χ4n) is 3.73. The van der Waals surface area contributed by atoms with Crippen molar-refractivity contribution in [3.05, 3.63) is 111 Å². The van der Waals surface area contributed by atoms with Gasteiger partial charge in [-0.1, -0.05) is 83.3 Å². The van der Waals surface area contributed by atoms with E-state index in [9.17, 15) is 4.79 Å². The molecule has 0 saturated heterocycles. The van der Waals surface area contributed by atoms with E-state index in [1.165, 1.54) is 0 Å². The Morgan fingerprint density at radius 1 is 0.875 bits per heavy atom. The van der Waals surface area contributed by atoms with Crippen LogP contribution in [0.1, 0.15) is 21.6 Å². The van der Waals surface area contributed by atoms with Gasteiger partial charge in [0, 0.05) is 22.3 Å². The second kappa shape index (κ2) is 9.83. The van der Waals surface area contributed by atoms with Gasteiger partial charge in [-0.05, 0) is 54.8 Å². The van der Waals surface area contributed by atoms with Crippen LogP contribution in [0.3, 0.4) is 0 Å². The van der Waals surface area contributed by atoms with Crippen LogP contribution in [0.25, 0.3) is 16.9 Å². The number of carbonyl (C=O) groups is 1. The summed E-state index contributed by atoms with van der Waals surface area (Å²) in [6.07, 6.45) is 0.609. The molecule has 0 radical (unpaired) electrons. The quantitative estimate of drug-likeness (QED) is 0.305. The molecule has 6 heteroatoms. The smallest absolute Gasteiger partial charge is 0.253 e. The second-order valence-electron chi connectivity index (χ2n) is 7.42. The molecular formula is C26H21Cl3N2O. The summed E-state index contributed by atoms with van der Waals surface area (Å²) in [5.74, 6) is -0.143. The van der Waals surface area contributed by atoms with Gasteiger partial charge in [0.1, 0.15) is 0 Å². The topological polar surface area (TPSA) is 34.0 Å². The molecular weight excluding hydrogens is 463 g/mol. The van der Waals surface area contributed by atoms with Crippen molar-refractivity contribution < 1.29 is 4.79 Å². The van der Waals surface area contributed by atoms with Gasteiger partial charge < -0.3 is 9.88 Å². The van der Waals surface area contributed by atoms with E-state index < -0.39 is 0 Å². The zero-order valence-electron chi connectivity index (χ0n) is 17.4. The van der Waals surface area contributed by atoms with Crippen LogP contribution in [0.15, 0.2) is 78.9 Å². The van der Waals surface area contributed by atoms with Crippen molar-refractivity contribution in [1.29, 1.82) is 0 Å². The predicted octanol–water partition coefficient (Wildman–Crippen LogP) is 7.39. The summed E-state index contributed by atoms with van der Waals surface area (Å²) in [6.45, 7) is 2.39. The van der Waals surface area contributed by atoms with Crippen molar-refractivity contribution in [2.24, 2.45) is 0 Å². The third kappa shape index (κ3) is 4.71. The molecule has 0 aliphatic heterocycles. The molecule has 3 nitrogen and oxygen atoms in total. The zero-order chi connectivity index (χ0) is 22.7. The molecule has 32 heavy (non-hydrogen) atoms. The molecule has 4 rings (SSSR count). The normalized spacial score (nSPS) is 10.9. The molecule has 4 aromatic rings. The molecule has 1 heterocycles. The molecule has 1 aromatic heterocycles. The third-order valence-corrected chi connectivity index (χ3v) is 6.26. The van der Waals surface area contributed by atoms with Gasteiger partial charge in [-0.25, -0.2) is 0 Å². The molecule has 0 aliphatic carbocycles. The van der Waals surface area contributed by atoms with Crippen LogP contribution in [0, 0.1) is 6.92 Å². The highest BCUT2D eigenvalue weighted by Crippen LogP contribution is 2.32. The number of aromatic nitrogens is 1. The second-order valence-corrected chi connectivity index (χ2v) is 8.67. The number of nitrogens with zero attached hydrogens (tertiary/aromatic N) is 1. The minimum Gasteiger partial charge on any atom is -0.352 e. The van der Waals surface area contributed by atoms with Crippen molar-refractivity contribution in [2.45, 2.75) is 13.3 Å². The predicted molar refractivity (Wildman–Crippen MR) is 133 cm³/mol. The zero-order valence-corrected chi connectivity index (χ0v) is 19.7. The fraction of sp³-hybridized carbons (Fsp3) is 0.115. The van der Waals surface area contributed by atoms with E-state index in [0.29, 0.717) is 33.6 Å². The number of para-hydroxylation sites is 1. The number of hydrogen-bond acceptors (Lipinski definition) is 1. The third-order valence-electron chi connectivity index (χ3n) is 5.35.